The molecule has 0 saturated carbocycles. The van der Waals surface area contributed by atoms with E-state index in [1.165, 1.54) is 5.56 Å². The highest BCUT2D eigenvalue weighted by molar-refractivity contribution is 7.80. The highest BCUT2D eigenvalue weighted by Crippen LogP contribution is 2.24. The normalized spacial score (nSPS) is 11.8. The summed E-state index contributed by atoms with van der Waals surface area (Å²) in [5, 5.41) is 8.99. The van der Waals surface area contributed by atoms with Crippen molar-refractivity contribution in [2.75, 3.05) is 0 Å². The third-order valence-electron chi connectivity index (χ3n) is 2.74. The van der Waals surface area contributed by atoms with Crippen molar-refractivity contribution in [3.05, 3.63) is 59.7 Å². The summed E-state index contributed by atoms with van der Waals surface area (Å²) >= 11 is 4.40. The predicted octanol–water partition coefficient (Wildman–Crippen LogP) is 4.22. The molecule has 0 fully saturated rings. The summed E-state index contributed by atoms with van der Waals surface area (Å²) < 4.78 is 0. The highest BCUT2D eigenvalue weighted by Gasteiger charge is 2.01. The van der Waals surface area contributed by atoms with Crippen molar-refractivity contribution in [2.45, 2.75) is 12.2 Å². The molecule has 84 valence electrons. The summed E-state index contributed by atoms with van der Waals surface area (Å²) in [7, 11) is 0. The molecule has 0 radical (unpaired) electrons. The van der Waals surface area contributed by atoms with Gasteiger partial charge in [-0.15, -0.1) is 0 Å². The Morgan fingerprint density at radius 3 is 1.82 bits per heavy atom. The number of hydrogen-bond acceptors (Lipinski definition) is 2. The van der Waals surface area contributed by atoms with E-state index in [1.54, 1.807) is 0 Å². The molecule has 2 aromatic rings. The molecule has 1 atom stereocenters. The number of nitriles is 1. The van der Waals surface area contributed by atoms with E-state index in [2.05, 4.69) is 49.9 Å². The molecule has 0 N–H and O–H groups in total. The first-order valence-corrected chi connectivity index (χ1v) is 6.01. The summed E-state index contributed by atoms with van der Waals surface area (Å²) in [6.07, 6.45) is 0. The second kappa shape index (κ2) is 5.07. The number of rotatable bonds is 2. The molecule has 2 heteroatoms. The molecule has 0 aliphatic heterocycles. The van der Waals surface area contributed by atoms with Gasteiger partial charge in [-0.05, 0) is 35.7 Å². The molecule has 1 nitrogen and oxygen atoms in total. The Bertz CT molecular complexity index is 533. The predicted molar refractivity (Wildman–Crippen MR) is 74.0 cm³/mol. The van der Waals surface area contributed by atoms with Gasteiger partial charge in [-0.2, -0.15) is 17.9 Å². The van der Waals surface area contributed by atoms with Crippen LogP contribution in [0.15, 0.2) is 48.5 Å². The van der Waals surface area contributed by atoms with Crippen molar-refractivity contribution in [3.8, 4) is 17.2 Å². The SMILES string of the molecule is CC(S)c1ccc(-c2ccc(C#N)cc2)cc1. The third kappa shape index (κ3) is 2.69. The smallest absolute Gasteiger partial charge is 0.0991 e. The summed E-state index contributed by atoms with van der Waals surface area (Å²) in [5.41, 5.74) is 4.19. The van der Waals surface area contributed by atoms with Gasteiger partial charge in [0, 0.05) is 5.25 Å². The van der Waals surface area contributed by atoms with E-state index in [-0.39, 0.29) is 5.25 Å². The molecule has 2 aromatic carbocycles. The Balaban J connectivity index is 2.30. The van der Waals surface area contributed by atoms with Crippen LogP contribution >= 0.6 is 12.6 Å². The molecule has 0 spiro atoms. The second-order valence-electron chi connectivity index (χ2n) is 3.99. The van der Waals surface area contributed by atoms with Gasteiger partial charge < -0.3 is 0 Å². The van der Waals surface area contributed by atoms with E-state index in [4.69, 9.17) is 5.26 Å². The summed E-state index contributed by atoms with van der Waals surface area (Å²) in [6, 6.07) is 18.1. The fraction of sp³-hybridized carbons (Fsp3) is 0.133. The number of benzene rings is 2. The lowest BCUT2D eigenvalue weighted by Crippen LogP contribution is -1.84. The van der Waals surface area contributed by atoms with Gasteiger partial charge >= 0.3 is 0 Å². The Hall–Kier alpha value is -1.72. The topological polar surface area (TPSA) is 23.8 Å². The van der Waals surface area contributed by atoms with Crippen molar-refractivity contribution in [2.24, 2.45) is 0 Å². The van der Waals surface area contributed by atoms with Gasteiger partial charge in [-0.3, -0.25) is 0 Å². The van der Waals surface area contributed by atoms with Crippen molar-refractivity contribution in [1.29, 1.82) is 5.26 Å². The van der Waals surface area contributed by atoms with Gasteiger partial charge in [0.15, 0.2) is 0 Å². The Labute approximate surface area is 107 Å². The van der Waals surface area contributed by atoms with E-state index < -0.39 is 0 Å². The van der Waals surface area contributed by atoms with Gasteiger partial charge in [-0.25, -0.2) is 0 Å². The molecule has 0 heterocycles. The zero-order valence-corrected chi connectivity index (χ0v) is 10.5. The Morgan fingerprint density at radius 2 is 1.41 bits per heavy atom. The molecule has 2 rings (SSSR count). The fourth-order valence-corrected chi connectivity index (χ4v) is 1.86. The van der Waals surface area contributed by atoms with E-state index in [0.717, 1.165) is 11.1 Å². The molecule has 1 unspecified atom stereocenters. The van der Waals surface area contributed by atoms with Crippen LogP contribution in [0.4, 0.5) is 0 Å². The monoisotopic (exact) mass is 239 g/mol. The molecular formula is C15H13NS. The average molecular weight is 239 g/mol. The molecule has 0 aliphatic carbocycles. The summed E-state index contributed by atoms with van der Waals surface area (Å²) in [6.45, 7) is 2.06. The maximum Gasteiger partial charge on any atom is 0.0991 e. The zero-order valence-electron chi connectivity index (χ0n) is 9.59. The quantitative estimate of drug-likeness (QED) is 0.779. The van der Waals surface area contributed by atoms with Gasteiger partial charge in [0.05, 0.1) is 11.6 Å². The third-order valence-corrected chi connectivity index (χ3v) is 3.04. The highest BCUT2D eigenvalue weighted by atomic mass is 32.1. The molecule has 0 aliphatic rings. The molecule has 0 aromatic heterocycles. The molecule has 0 bridgehead atoms. The van der Waals surface area contributed by atoms with Gasteiger partial charge in [0.1, 0.15) is 0 Å². The lowest BCUT2D eigenvalue weighted by molar-refractivity contribution is 1.11. The number of hydrogen-bond donors (Lipinski definition) is 1. The molecule has 17 heavy (non-hydrogen) atoms. The van der Waals surface area contributed by atoms with Crippen LogP contribution < -0.4 is 0 Å². The largest absolute Gasteiger partial charge is 0.192 e. The van der Waals surface area contributed by atoms with E-state index in [0.29, 0.717) is 5.56 Å². The van der Waals surface area contributed by atoms with E-state index in [1.807, 2.05) is 24.3 Å². The standard InChI is InChI=1S/C15H13NS/c1-11(17)13-6-8-15(9-7-13)14-4-2-12(10-16)3-5-14/h2-9,11,17H,1H3. The van der Waals surface area contributed by atoms with Crippen LogP contribution in [0, 0.1) is 11.3 Å². The van der Waals surface area contributed by atoms with Gasteiger partial charge in [0.2, 0.25) is 0 Å². The Kier molecular flexibility index (Phi) is 3.51. The first-order chi connectivity index (χ1) is 8.20. The first kappa shape index (κ1) is 11.8. The van der Waals surface area contributed by atoms with Crippen LogP contribution in [0.2, 0.25) is 0 Å². The number of thiol groups is 1. The van der Waals surface area contributed by atoms with Crippen LogP contribution in [-0.2, 0) is 0 Å². The van der Waals surface area contributed by atoms with Crippen LogP contribution in [0.5, 0.6) is 0 Å². The minimum Gasteiger partial charge on any atom is -0.192 e. The summed E-state index contributed by atoms with van der Waals surface area (Å²) in [5.74, 6) is 0. The Morgan fingerprint density at radius 1 is 0.941 bits per heavy atom. The van der Waals surface area contributed by atoms with Crippen molar-refractivity contribution < 1.29 is 0 Å². The zero-order chi connectivity index (χ0) is 12.3. The van der Waals surface area contributed by atoms with Crippen molar-refractivity contribution in [3.63, 3.8) is 0 Å². The second-order valence-corrected chi connectivity index (χ2v) is 4.76. The van der Waals surface area contributed by atoms with Crippen molar-refractivity contribution >= 4 is 12.6 Å². The molecular weight excluding hydrogens is 226 g/mol. The lowest BCUT2D eigenvalue weighted by atomic mass is 10.0. The van der Waals surface area contributed by atoms with E-state index in [9.17, 15) is 0 Å². The van der Waals surface area contributed by atoms with E-state index >= 15 is 0 Å². The maximum atomic E-state index is 8.74. The van der Waals surface area contributed by atoms with Crippen LogP contribution in [0.1, 0.15) is 23.3 Å². The van der Waals surface area contributed by atoms with Crippen molar-refractivity contribution in [1.82, 2.24) is 0 Å². The molecule has 0 saturated heterocycles. The minimum absolute atomic E-state index is 0.255. The van der Waals surface area contributed by atoms with Gasteiger partial charge in [0.25, 0.3) is 0 Å². The van der Waals surface area contributed by atoms with Crippen LogP contribution in [-0.4, -0.2) is 0 Å². The number of nitrogens with zero attached hydrogens (tertiary/aromatic N) is 1. The summed E-state index contributed by atoms with van der Waals surface area (Å²) in [4.78, 5) is 0. The minimum atomic E-state index is 0.255. The fourth-order valence-electron chi connectivity index (χ4n) is 1.69. The first-order valence-electron chi connectivity index (χ1n) is 5.49. The maximum absolute atomic E-state index is 8.74. The lowest BCUT2D eigenvalue weighted by Gasteiger charge is -2.06. The average Bonchev–Trinajstić information content (AvgIpc) is 2.39. The van der Waals surface area contributed by atoms with Crippen LogP contribution in [0.3, 0.4) is 0 Å². The van der Waals surface area contributed by atoms with Gasteiger partial charge in [-0.1, -0.05) is 36.4 Å². The van der Waals surface area contributed by atoms with Crippen LogP contribution in [0.25, 0.3) is 11.1 Å². The molecule has 0 amide bonds.